The van der Waals surface area contributed by atoms with Crippen LogP contribution in [0.4, 0.5) is 0 Å². The molecule has 5 rings (SSSR count). The van der Waals surface area contributed by atoms with E-state index in [1.165, 1.54) is 0 Å². The number of carbonyl (C=O) groups excluding carboxylic acids is 2. The Labute approximate surface area is 191 Å². The van der Waals surface area contributed by atoms with E-state index in [0.717, 1.165) is 23.8 Å². The van der Waals surface area contributed by atoms with Crippen molar-refractivity contribution in [1.82, 2.24) is 19.8 Å². The average molecular weight is 451 g/mol. The molecular formula is C24H23ClN4O3. The van der Waals surface area contributed by atoms with Crippen LogP contribution in [-0.2, 0) is 9.53 Å². The summed E-state index contributed by atoms with van der Waals surface area (Å²) in [5, 5.41) is 1.27. The molecule has 32 heavy (non-hydrogen) atoms. The number of benzene rings is 1. The lowest BCUT2D eigenvalue weighted by Gasteiger charge is -2.36. The van der Waals surface area contributed by atoms with Gasteiger partial charge in [0.25, 0.3) is 11.8 Å². The van der Waals surface area contributed by atoms with E-state index in [4.69, 9.17) is 21.3 Å². The van der Waals surface area contributed by atoms with Gasteiger partial charge in [-0.25, -0.2) is 4.98 Å². The summed E-state index contributed by atoms with van der Waals surface area (Å²) >= 11 is 6.24. The van der Waals surface area contributed by atoms with Gasteiger partial charge in [-0.05, 0) is 49.2 Å². The maximum absolute atomic E-state index is 13.6. The molecule has 2 aliphatic heterocycles. The maximum atomic E-state index is 13.6. The van der Waals surface area contributed by atoms with E-state index >= 15 is 0 Å². The number of piperazine rings is 1. The highest BCUT2D eigenvalue weighted by Gasteiger charge is 2.32. The smallest absolute Gasteiger partial charge is 0.254 e. The fourth-order valence-electron chi connectivity index (χ4n) is 4.32. The molecule has 0 N–H and O–H groups in total. The second-order valence-electron chi connectivity index (χ2n) is 8.07. The highest BCUT2D eigenvalue weighted by molar-refractivity contribution is 6.31. The fourth-order valence-corrected chi connectivity index (χ4v) is 4.49. The van der Waals surface area contributed by atoms with Crippen LogP contribution in [0.5, 0.6) is 0 Å². The fraction of sp³-hybridized carbons (Fsp3) is 0.333. The summed E-state index contributed by atoms with van der Waals surface area (Å²) in [5.74, 6) is -0.0464. The van der Waals surface area contributed by atoms with E-state index in [2.05, 4.69) is 4.98 Å². The number of rotatable bonds is 3. The predicted octanol–water partition coefficient (Wildman–Crippen LogP) is 3.41. The Hall–Kier alpha value is -3.03. The summed E-state index contributed by atoms with van der Waals surface area (Å²) in [6, 6.07) is 10.9. The normalized spacial score (nSPS) is 18.8. The highest BCUT2D eigenvalue weighted by atomic mass is 35.5. The van der Waals surface area contributed by atoms with Crippen LogP contribution in [0.1, 0.15) is 23.2 Å². The summed E-state index contributed by atoms with van der Waals surface area (Å²) < 4.78 is 5.53. The molecule has 164 valence electrons. The number of hydrogen-bond donors (Lipinski definition) is 0. The summed E-state index contributed by atoms with van der Waals surface area (Å²) in [4.78, 5) is 38.6. The van der Waals surface area contributed by atoms with Crippen molar-refractivity contribution in [3.63, 3.8) is 0 Å². The van der Waals surface area contributed by atoms with Gasteiger partial charge in [-0.3, -0.25) is 14.6 Å². The third-order valence-electron chi connectivity index (χ3n) is 6.06. The molecular weight excluding hydrogens is 428 g/mol. The molecule has 7 nitrogen and oxygen atoms in total. The standard InChI is InChI=1S/C24H23ClN4O3/c25-17-3-4-20-18(14-17)19(15-21(27-20)16-5-7-26-8-6-16)23(30)28-9-11-29(12-10-28)24(31)22-2-1-13-32-22/h3-8,14-15,22H,1-2,9-13H2/t22-/m1/s1. The van der Waals surface area contributed by atoms with Crippen molar-refractivity contribution in [2.75, 3.05) is 32.8 Å². The van der Waals surface area contributed by atoms with Crippen LogP contribution in [0, 0.1) is 0 Å². The van der Waals surface area contributed by atoms with Gasteiger partial charge in [0.1, 0.15) is 6.10 Å². The molecule has 0 bridgehead atoms. The molecule has 2 saturated heterocycles. The zero-order valence-corrected chi connectivity index (χ0v) is 18.3. The van der Waals surface area contributed by atoms with Crippen LogP contribution < -0.4 is 0 Å². The first-order valence-electron chi connectivity index (χ1n) is 10.8. The lowest BCUT2D eigenvalue weighted by molar-refractivity contribution is -0.142. The third-order valence-corrected chi connectivity index (χ3v) is 6.30. The topological polar surface area (TPSA) is 75.6 Å². The van der Waals surface area contributed by atoms with Gasteiger partial charge in [0, 0.05) is 61.2 Å². The molecule has 3 aromatic rings. The number of hydrogen-bond acceptors (Lipinski definition) is 5. The third kappa shape index (κ3) is 4.06. The number of pyridine rings is 2. The quantitative estimate of drug-likeness (QED) is 0.611. The van der Waals surface area contributed by atoms with E-state index in [1.54, 1.807) is 29.4 Å². The Kier molecular flexibility index (Phi) is 5.76. The van der Waals surface area contributed by atoms with Crippen molar-refractivity contribution < 1.29 is 14.3 Å². The first kappa shape index (κ1) is 20.8. The van der Waals surface area contributed by atoms with Crippen LogP contribution in [-0.4, -0.2) is 70.5 Å². The second-order valence-corrected chi connectivity index (χ2v) is 8.51. The van der Waals surface area contributed by atoms with Gasteiger partial charge < -0.3 is 14.5 Å². The molecule has 1 atom stereocenters. The van der Waals surface area contributed by atoms with Gasteiger partial charge >= 0.3 is 0 Å². The number of carbonyl (C=O) groups is 2. The summed E-state index contributed by atoms with van der Waals surface area (Å²) in [5.41, 5.74) is 2.86. The molecule has 8 heteroatoms. The van der Waals surface area contributed by atoms with E-state index in [1.807, 2.05) is 29.2 Å². The van der Waals surface area contributed by atoms with Gasteiger partial charge in [-0.1, -0.05) is 11.6 Å². The maximum Gasteiger partial charge on any atom is 0.254 e. The summed E-state index contributed by atoms with van der Waals surface area (Å²) in [6.45, 7) is 2.61. The average Bonchev–Trinajstić information content (AvgIpc) is 3.38. The summed E-state index contributed by atoms with van der Waals surface area (Å²) in [6.07, 6.45) is 4.78. The minimum absolute atomic E-state index is 0.0377. The molecule has 2 amide bonds. The SMILES string of the molecule is O=C(c1cc(-c2ccncc2)nc2ccc(Cl)cc12)N1CCN(C(=O)[C@H]2CCCO2)CC1. The minimum Gasteiger partial charge on any atom is -0.368 e. The van der Waals surface area contributed by atoms with Crippen molar-refractivity contribution >= 4 is 34.3 Å². The van der Waals surface area contributed by atoms with Gasteiger partial charge in [0.15, 0.2) is 0 Å². The zero-order valence-electron chi connectivity index (χ0n) is 17.5. The number of amides is 2. The van der Waals surface area contributed by atoms with E-state index in [0.29, 0.717) is 54.6 Å². The van der Waals surface area contributed by atoms with Crippen LogP contribution in [0.25, 0.3) is 22.2 Å². The zero-order chi connectivity index (χ0) is 22.1. The van der Waals surface area contributed by atoms with Crippen molar-refractivity contribution in [3.05, 3.63) is 59.4 Å². The molecule has 2 aliphatic rings. The first-order valence-corrected chi connectivity index (χ1v) is 11.2. The van der Waals surface area contributed by atoms with Crippen LogP contribution in [0.2, 0.25) is 5.02 Å². The molecule has 0 spiro atoms. The monoisotopic (exact) mass is 450 g/mol. The van der Waals surface area contributed by atoms with Gasteiger partial charge in [0.05, 0.1) is 16.8 Å². The van der Waals surface area contributed by atoms with Crippen molar-refractivity contribution in [1.29, 1.82) is 0 Å². The molecule has 0 aliphatic carbocycles. The van der Waals surface area contributed by atoms with Crippen LogP contribution in [0.3, 0.4) is 0 Å². The Bertz CT molecular complexity index is 1160. The van der Waals surface area contributed by atoms with Crippen LogP contribution in [0.15, 0.2) is 48.8 Å². The number of halogens is 1. The number of fused-ring (bicyclic) bond motifs is 1. The molecule has 0 saturated carbocycles. The number of nitrogens with zero attached hydrogens (tertiary/aromatic N) is 4. The van der Waals surface area contributed by atoms with Crippen molar-refractivity contribution in [2.45, 2.75) is 18.9 Å². The lowest BCUT2D eigenvalue weighted by atomic mass is 10.0. The Balaban J connectivity index is 1.41. The second kappa shape index (κ2) is 8.84. The van der Waals surface area contributed by atoms with Gasteiger partial charge in [-0.15, -0.1) is 0 Å². The van der Waals surface area contributed by atoms with Crippen LogP contribution >= 0.6 is 11.6 Å². The van der Waals surface area contributed by atoms with Gasteiger partial charge in [0.2, 0.25) is 0 Å². The van der Waals surface area contributed by atoms with Crippen molar-refractivity contribution in [3.8, 4) is 11.3 Å². The molecule has 2 fully saturated rings. The molecule has 4 heterocycles. The highest BCUT2D eigenvalue weighted by Crippen LogP contribution is 2.28. The van der Waals surface area contributed by atoms with Gasteiger partial charge in [-0.2, -0.15) is 0 Å². The lowest BCUT2D eigenvalue weighted by Crippen LogP contribution is -2.52. The number of ether oxygens (including phenoxy) is 1. The Morgan fingerprint density at radius 2 is 1.75 bits per heavy atom. The predicted molar refractivity (Wildman–Crippen MR) is 121 cm³/mol. The Morgan fingerprint density at radius 3 is 2.47 bits per heavy atom. The Morgan fingerprint density at radius 1 is 1.00 bits per heavy atom. The number of aromatic nitrogens is 2. The largest absolute Gasteiger partial charge is 0.368 e. The summed E-state index contributed by atoms with van der Waals surface area (Å²) in [7, 11) is 0. The minimum atomic E-state index is -0.327. The van der Waals surface area contributed by atoms with E-state index < -0.39 is 0 Å². The molecule has 1 aromatic carbocycles. The van der Waals surface area contributed by atoms with E-state index in [9.17, 15) is 9.59 Å². The molecule has 0 radical (unpaired) electrons. The van der Waals surface area contributed by atoms with E-state index in [-0.39, 0.29) is 17.9 Å². The molecule has 0 unspecified atom stereocenters. The van der Waals surface area contributed by atoms with Crippen molar-refractivity contribution in [2.24, 2.45) is 0 Å². The first-order chi connectivity index (χ1) is 15.6. The molecule has 2 aromatic heterocycles.